The summed E-state index contributed by atoms with van der Waals surface area (Å²) in [5.41, 5.74) is 1.95. The van der Waals surface area contributed by atoms with Crippen molar-refractivity contribution in [2.45, 2.75) is 6.92 Å². The lowest BCUT2D eigenvalue weighted by molar-refractivity contribution is 0.102. The Morgan fingerprint density at radius 2 is 1.63 bits per heavy atom. The van der Waals surface area contributed by atoms with Gasteiger partial charge in [-0.1, -0.05) is 34.8 Å². The van der Waals surface area contributed by atoms with E-state index in [0.29, 0.717) is 26.3 Å². The molecule has 0 aliphatic rings. The summed E-state index contributed by atoms with van der Waals surface area (Å²) in [4.78, 5) is 12.1. The molecule has 1 N–H and O–H groups in total. The smallest absolute Gasteiger partial charge is 0.257 e. The van der Waals surface area contributed by atoms with E-state index in [1.807, 2.05) is 6.92 Å². The number of hydrogen-bond acceptors (Lipinski definition) is 1. The molecule has 0 atom stereocenters. The number of aryl methyl sites for hydroxylation is 1. The molecule has 0 radical (unpaired) electrons. The van der Waals surface area contributed by atoms with Gasteiger partial charge in [-0.25, -0.2) is 0 Å². The number of carbonyl (C=O) groups is 1. The van der Waals surface area contributed by atoms with Gasteiger partial charge in [0.2, 0.25) is 0 Å². The maximum absolute atomic E-state index is 12.1. The molecule has 5 heteroatoms. The number of amides is 1. The number of anilines is 1. The molecule has 2 rings (SSSR count). The predicted molar refractivity (Wildman–Crippen MR) is 80.6 cm³/mol. The second-order valence-electron chi connectivity index (χ2n) is 4.04. The van der Waals surface area contributed by atoms with Gasteiger partial charge >= 0.3 is 0 Å². The van der Waals surface area contributed by atoms with Gasteiger partial charge < -0.3 is 5.32 Å². The standard InChI is InChI=1S/C14H10Cl3NO/c1-8-6-9(15)3-5-13(8)18-14(19)11-4-2-10(16)7-12(11)17/h2-7H,1H3,(H,18,19). The molecule has 2 aromatic carbocycles. The minimum absolute atomic E-state index is 0.285. The zero-order valence-electron chi connectivity index (χ0n) is 10.0. The van der Waals surface area contributed by atoms with Crippen LogP contribution in [0.3, 0.4) is 0 Å². The van der Waals surface area contributed by atoms with E-state index in [0.717, 1.165) is 5.56 Å². The average Bonchev–Trinajstić information content (AvgIpc) is 2.32. The monoisotopic (exact) mass is 313 g/mol. The van der Waals surface area contributed by atoms with Crippen molar-refractivity contribution in [3.63, 3.8) is 0 Å². The van der Waals surface area contributed by atoms with Crippen LogP contribution in [0.5, 0.6) is 0 Å². The normalized spacial score (nSPS) is 10.3. The van der Waals surface area contributed by atoms with Gasteiger partial charge in [-0.2, -0.15) is 0 Å². The minimum atomic E-state index is -0.285. The van der Waals surface area contributed by atoms with E-state index < -0.39 is 0 Å². The SMILES string of the molecule is Cc1cc(Cl)ccc1NC(=O)c1ccc(Cl)cc1Cl. The van der Waals surface area contributed by atoms with Crippen molar-refractivity contribution in [1.29, 1.82) is 0 Å². The summed E-state index contributed by atoms with van der Waals surface area (Å²) in [5, 5.41) is 4.22. The minimum Gasteiger partial charge on any atom is -0.322 e. The van der Waals surface area contributed by atoms with Crippen LogP contribution in [0.25, 0.3) is 0 Å². The van der Waals surface area contributed by atoms with Crippen molar-refractivity contribution >= 4 is 46.4 Å². The van der Waals surface area contributed by atoms with Crippen molar-refractivity contribution in [3.05, 3.63) is 62.6 Å². The fraction of sp³-hybridized carbons (Fsp3) is 0.0714. The average molecular weight is 315 g/mol. The predicted octanol–water partition coefficient (Wildman–Crippen LogP) is 5.21. The van der Waals surface area contributed by atoms with Gasteiger partial charge in [-0.05, 0) is 48.9 Å². The summed E-state index contributed by atoms with van der Waals surface area (Å²) in [6.45, 7) is 1.87. The molecular weight excluding hydrogens is 305 g/mol. The molecule has 0 spiro atoms. The molecule has 0 saturated carbocycles. The quantitative estimate of drug-likeness (QED) is 0.810. The van der Waals surface area contributed by atoms with Gasteiger partial charge in [0.25, 0.3) is 5.91 Å². The molecule has 0 aromatic heterocycles. The van der Waals surface area contributed by atoms with Crippen molar-refractivity contribution in [2.75, 3.05) is 5.32 Å². The lowest BCUT2D eigenvalue weighted by Crippen LogP contribution is -2.13. The summed E-state index contributed by atoms with van der Waals surface area (Å²) < 4.78 is 0. The van der Waals surface area contributed by atoms with Crippen LogP contribution in [0.1, 0.15) is 15.9 Å². The third-order valence-electron chi connectivity index (χ3n) is 2.61. The molecule has 19 heavy (non-hydrogen) atoms. The van der Waals surface area contributed by atoms with Gasteiger partial charge in [0.05, 0.1) is 10.6 Å². The highest BCUT2D eigenvalue weighted by molar-refractivity contribution is 6.37. The summed E-state index contributed by atoms with van der Waals surface area (Å²) in [5.74, 6) is -0.285. The lowest BCUT2D eigenvalue weighted by atomic mass is 10.1. The van der Waals surface area contributed by atoms with E-state index in [2.05, 4.69) is 5.32 Å². The molecule has 0 aliphatic heterocycles. The van der Waals surface area contributed by atoms with Crippen LogP contribution in [0.2, 0.25) is 15.1 Å². The Kier molecular flexibility index (Phi) is 4.35. The zero-order valence-corrected chi connectivity index (χ0v) is 12.3. The fourth-order valence-corrected chi connectivity index (χ4v) is 2.35. The van der Waals surface area contributed by atoms with Crippen LogP contribution in [0, 0.1) is 6.92 Å². The maximum atomic E-state index is 12.1. The molecule has 0 saturated heterocycles. The Morgan fingerprint density at radius 1 is 1.00 bits per heavy atom. The van der Waals surface area contributed by atoms with Crippen LogP contribution in [-0.2, 0) is 0 Å². The Bertz CT molecular complexity index is 641. The highest BCUT2D eigenvalue weighted by atomic mass is 35.5. The molecule has 2 nitrogen and oxygen atoms in total. The number of hydrogen-bond donors (Lipinski definition) is 1. The number of carbonyl (C=O) groups excluding carboxylic acids is 1. The van der Waals surface area contributed by atoms with E-state index in [4.69, 9.17) is 34.8 Å². The molecule has 1 amide bonds. The van der Waals surface area contributed by atoms with Gasteiger partial charge in [0.15, 0.2) is 0 Å². The fourth-order valence-electron chi connectivity index (χ4n) is 1.63. The summed E-state index contributed by atoms with van der Waals surface area (Å²) in [6, 6.07) is 9.99. The lowest BCUT2D eigenvalue weighted by Gasteiger charge is -2.09. The van der Waals surface area contributed by atoms with E-state index in [-0.39, 0.29) is 5.91 Å². The van der Waals surface area contributed by atoms with Gasteiger partial charge in [-0.15, -0.1) is 0 Å². The van der Waals surface area contributed by atoms with Crippen LogP contribution in [0.4, 0.5) is 5.69 Å². The van der Waals surface area contributed by atoms with E-state index in [1.54, 1.807) is 30.3 Å². The van der Waals surface area contributed by atoms with Crippen molar-refractivity contribution in [2.24, 2.45) is 0 Å². The zero-order chi connectivity index (χ0) is 14.0. The summed E-state index contributed by atoms with van der Waals surface area (Å²) in [6.07, 6.45) is 0. The Hall–Kier alpha value is -1.22. The summed E-state index contributed by atoms with van der Waals surface area (Å²) in [7, 11) is 0. The van der Waals surface area contributed by atoms with Crippen molar-refractivity contribution < 1.29 is 4.79 Å². The first-order valence-electron chi connectivity index (χ1n) is 5.50. The molecular formula is C14H10Cl3NO. The number of halogens is 3. The first-order valence-corrected chi connectivity index (χ1v) is 6.63. The highest BCUT2D eigenvalue weighted by Crippen LogP contribution is 2.24. The molecule has 0 bridgehead atoms. The van der Waals surface area contributed by atoms with Crippen LogP contribution < -0.4 is 5.32 Å². The van der Waals surface area contributed by atoms with Gasteiger partial charge in [0.1, 0.15) is 0 Å². The van der Waals surface area contributed by atoms with Crippen LogP contribution >= 0.6 is 34.8 Å². The number of benzene rings is 2. The second kappa shape index (κ2) is 5.83. The van der Waals surface area contributed by atoms with Crippen LogP contribution in [0.15, 0.2) is 36.4 Å². The van der Waals surface area contributed by atoms with Crippen molar-refractivity contribution in [1.82, 2.24) is 0 Å². The van der Waals surface area contributed by atoms with Gasteiger partial charge in [0, 0.05) is 15.7 Å². The molecule has 2 aromatic rings. The van der Waals surface area contributed by atoms with E-state index in [1.165, 1.54) is 6.07 Å². The van der Waals surface area contributed by atoms with Gasteiger partial charge in [-0.3, -0.25) is 4.79 Å². The topological polar surface area (TPSA) is 29.1 Å². The Labute approximate surface area is 126 Å². The Balaban J connectivity index is 2.25. The van der Waals surface area contributed by atoms with Crippen molar-refractivity contribution in [3.8, 4) is 0 Å². The molecule has 0 aliphatic carbocycles. The third kappa shape index (κ3) is 3.41. The molecule has 98 valence electrons. The van der Waals surface area contributed by atoms with Crippen LogP contribution in [-0.4, -0.2) is 5.91 Å². The molecule has 0 fully saturated rings. The summed E-state index contributed by atoms with van der Waals surface area (Å²) >= 11 is 17.6. The second-order valence-corrected chi connectivity index (χ2v) is 5.32. The van der Waals surface area contributed by atoms with E-state index >= 15 is 0 Å². The van der Waals surface area contributed by atoms with E-state index in [9.17, 15) is 4.79 Å². The largest absolute Gasteiger partial charge is 0.322 e. The number of nitrogens with one attached hydrogen (secondary N) is 1. The third-order valence-corrected chi connectivity index (χ3v) is 3.40. The first kappa shape index (κ1) is 14.2. The molecule has 0 heterocycles. The first-order chi connectivity index (χ1) is 8.97. The number of rotatable bonds is 2. The highest BCUT2D eigenvalue weighted by Gasteiger charge is 2.12. The molecule has 0 unspecified atom stereocenters. The maximum Gasteiger partial charge on any atom is 0.257 e. The Morgan fingerprint density at radius 3 is 2.26 bits per heavy atom.